The lowest BCUT2D eigenvalue weighted by Crippen LogP contribution is -2.39. The second-order valence-corrected chi connectivity index (χ2v) is 5.91. The van der Waals surface area contributed by atoms with Gasteiger partial charge in [-0.3, -0.25) is 15.0 Å². The Hall–Kier alpha value is -1.73. The molecule has 0 amide bonds. The van der Waals surface area contributed by atoms with Crippen LogP contribution in [0.5, 0.6) is 0 Å². The van der Waals surface area contributed by atoms with Crippen molar-refractivity contribution in [3.05, 3.63) is 34.1 Å². The van der Waals surface area contributed by atoms with Crippen molar-refractivity contribution in [3.8, 4) is 0 Å². The van der Waals surface area contributed by atoms with E-state index in [4.69, 9.17) is 4.74 Å². The lowest BCUT2D eigenvalue weighted by atomic mass is 10.1. The van der Waals surface area contributed by atoms with Crippen molar-refractivity contribution in [1.82, 2.24) is 4.90 Å². The highest BCUT2D eigenvalue weighted by molar-refractivity contribution is 5.53. The van der Waals surface area contributed by atoms with Crippen molar-refractivity contribution in [2.45, 2.75) is 6.42 Å². The second-order valence-electron chi connectivity index (χ2n) is 5.91. The molecule has 0 radical (unpaired) electrons. The number of hydrogen-bond acceptors (Lipinski definition) is 5. The molecule has 1 unspecified atom stereocenters. The molecule has 6 nitrogen and oxygen atoms in total. The number of nitro benzene ring substituents is 1. The minimum atomic E-state index is -0.571. The molecule has 3 rings (SSSR count). The third-order valence-corrected chi connectivity index (χ3v) is 4.39. The van der Waals surface area contributed by atoms with Crippen LogP contribution in [0.15, 0.2) is 18.2 Å². The molecule has 0 aliphatic carbocycles. The van der Waals surface area contributed by atoms with Crippen molar-refractivity contribution in [3.63, 3.8) is 0 Å². The van der Waals surface area contributed by atoms with Crippen LogP contribution in [-0.2, 0) is 4.74 Å². The SMILES string of the molecule is O=[N+]([O-])c1ccc(N2CCC(CN3CCOCC3)C2)c(F)c1. The number of morpholine rings is 1. The fourth-order valence-electron chi connectivity index (χ4n) is 3.22. The van der Waals surface area contributed by atoms with Gasteiger partial charge in [-0.15, -0.1) is 0 Å². The van der Waals surface area contributed by atoms with Crippen molar-refractivity contribution in [2.75, 3.05) is 50.8 Å². The highest BCUT2D eigenvalue weighted by Crippen LogP contribution is 2.29. The molecule has 0 aromatic heterocycles. The van der Waals surface area contributed by atoms with Gasteiger partial charge in [0.1, 0.15) is 0 Å². The summed E-state index contributed by atoms with van der Waals surface area (Å²) in [7, 11) is 0. The monoisotopic (exact) mass is 309 g/mol. The van der Waals surface area contributed by atoms with E-state index in [0.29, 0.717) is 11.6 Å². The van der Waals surface area contributed by atoms with Gasteiger partial charge in [0.2, 0.25) is 0 Å². The van der Waals surface area contributed by atoms with Gasteiger partial charge in [0.25, 0.3) is 5.69 Å². The summed E-state index contributed by atoms with van der Waals surface area (Å²) in [6.45, 7) is 6.09. The number of ether oxygens (including phenoxy) is 1. The third-order valence-electron chi connectivity index (χ3n) is 4.39. The number of nitro groups is 1. The van der Waals surface area contributed by atoms with Gasteiger partial charge >= 0.3 is 0 Å². The first-order chi connectivity index (χ1) is 10.6. The predicted octanol–water partition coefficient (Wildman–Crippen LogP) is 1.89. The van der Waals surface area contributed by atoms with Gasteiger partial charge < -0.3 is 9.64 Å². The molecule has 1 aromatic carbocycles. The molecule has 1 aromatic rings. The fraction of sp³-hybridized carbons (Fsp3) is 0.600. The van der Waals surface area contributed by atoms with Crippen molar-refractivity contribution in [2.24, 2.45) is 5.92 Å². The molecular weight excluding hydrogens is 289 g/mol. The van der Waals surface area contributed by atoms with Crippen LogP contribution in [0, 0.1) is 21.8 Å². The van der Waals surface area contributed by atoms with Crippen molar-refractivity contribution in [1.29, 1.82) is 0 Å². The Kier molecular flexibility index (Phi) is 4.54. The molecule has 1 atom stereocenters. The molecule has 0 saturated carbocycles. The summed E-state index contributed by atoms with van der Waals surface area (Å²) in [5.41, 5.74) is 0.264. The van der Waals surface area contributed by atoms with E-state index < -0.39 is 10.7 Å². The smallest absolute Gasteiger partial charge is 0.272 e. The maximum Gasteiger partial charge on any atom is 0.272 e. The van der Waals surface area contributed by atoms with Crippen LogP contribution >= 0.6 is 0 Å². The Balaban J connectivity index is 1.61. The van der Waals surface area contributed by atoms with Crippen molar-refractivity contribution < 1.29 is 14.1 Å². The Morgan fingerprint density at radius 1 is 1.32 bits per heavy atom. The summed E-state index contributed by atoms with van der Waals surface area (Å²) in [4.78, 5) is 14.5. The lowest BCUT2D eigenvalue weighted by molar-refractivity contribution is -0.385. The minimum Gasteiger partial charge on any atom is -0.379 e. The van der Waals surface area contributed by atoms with E-state index in [1.807, 2.05) is 4.90 Å². The first kappa shape index (κ1) is 15.2. The summed E-state index contributed by atoms with van der Waals surface area (Å²) in [6, 6.07) is 3.89. The van der Waals surface area contributed by atoms with Gasteiger partial charge in [-0.25, -0.2) is 4.39 Å². The zero-order chi connectivity index (χ0) is 15.5. The summed E-state index contributed by atoms with van der Waals surface area (Å²) < 4.78 is 19.4. The lowest BCUT2D eigenvalue weighted by Gasteiger charge is -2.29. The normalized spacial score (nSPS) is 23.0. The minimum absolute atomic E-state index is 0.203. The number of halogens is 1. The zero-order valence-electron chi connectivity index (χ0n) is 12.4. The zero-order valence-corrected chi connectivity index (χ0v) is 12.4. The van der Waals surface area contributed by atoms with E-state index >= 15 is 0 Å². The Morgan fingerprint density at radius 3 is 2.77 bits per heavy atom. The van der Waals surface area contributed by atoms with Crippen LogP contribution in [0.3, 0.4) is 0 Å². The molecule has 0 N–H and O–H groups in total. The molecule has 0 spiro atoms. The highest BCUT2D eigenvalue weighted by Gasteiger charge is 2.27. The summed E-state index contributed by atoms with van der Waals surface area (Å²) in [5.74, 6) is -0.00563. The van der Waals surface area contributed by atoms with Gasteiger partial charge in [-0.2, -0.15) is 0 Å². The largest absolute Gasteiger partial charge is 0.379 e. The van der Waals surface area contributed by atoms with Gasteiger partial charge in [-0.05, 0) is 18.4 Å². The number of hydrogen-bond donors (Lipinski definition) is 0. The number of non-ortho nitro benzene ring substituents is 1. The van der Waals surface area contributed by atoms with Gasteiger partial charge in [0, 0.05) is 38.8 Å². The molecule has 2 heterocycles. The molecule has 2 aliphatic rings. The van der Waals surface area contributed by atoms with Crippen LogP contribution in [0.1, 0.15) is 6.42 Å². The standard InChI is InChI=1S/C15H20FN3O3/c16-14-9-13(19(20)21)1-2-15(14)18-4-3-12(11-18)10-17-5-7-22-8-6-17/h1-2,9,12H,3-8,10-11H2. The Labute approximate surface area is 128 Å². The topological polar surface area (TPSA) is 58.9 Å². The van der Waals surface area contributed by atoms with E-state index in [2.05, 4.69) is 4.90 Å². The molecule has 2 fully saturated rings. The van der Waals surface area contributed by atoms with Crippen LogP contribution < -0.4 is 4.90 Å². The van der Waals surface area contributed by atoms with Crippen molar-refractivity contribution >= 4 is 11.4 Å². The second kappa shape index (κ2) is 6.58. The Morgan fingerprint density at radius 2 is 2.09 bits per heavy atom. The number of nitrogens with zero attached hydrogens (tertiary/aromatic N) is 3. The average molecular weight is 309 g/mol. The summed E-state index contributed by atoms with van der Waals surface area (Å²) in [6.07, 6.45) is 1.02. The number of anilines is 1. The first-order valence-corrected chi connectivity index (χ1v) is 7.62. The molecule has 2 saturated heterocycles. The van der Waals surface area contributed by atoms with Gasteiger partial charge in [-0.1, -0.05) is 0 Å². The van der Waals surface area contributed by atoms with Crippen LogP contribution in [0.2, 0.25) is 0 Å². The van der Waals surface area contributed by atoms with E-state index in [1.54, 1.807) is 0 Å². The summed E-state index contributed by atoms with van der Waals surface area (Å²) in [5, 5.41) is 10.7. The number of rotatable bonds is 4. The first-order valence-electron chi connectivity index (χ1n) is 7.62. The fourth-order valence-corrected chi connectivity index (χ4v) is 3.22. The maximum absolute atomic E-state index is 14.1. The average Bonchev–Trinajstić information content (AvgIpc) is 2.96. The van der Waals surface area contributed by atoms with Crippen LogP contribution in [0.25, 0.3) is 0 Å². The maximum atomic E-state index is 14.1. The van der Waals surface area contributed by atoms with Gasteiger partial charge in [0.15, 0.2) is 5.82 Å². The molecule has 7 heteroatoms. The molecular formula is C15H20FN3O3. The Bertz CT molecular complexity index is 549. The van der Waals surface area contributed by atoms with Gasteiger partial charge in [0.05, 0.1) is 29.9 Å². The molecule has 2 aliphatic heterocycles. The van der Waals surface area contributed by atoms with E-state index in [-0.39, 0.29) is 5.69 Å². The molecule has 120 valence electrons. The van der Waals surface area contributed by atoms with E-state index in [0.717, 1.165) is 58.4 Å². The van der Waals surface area contributed by atoms with Crippen LogP contribution in [-0.4, -0.2) is 55.8 Å². The van der Waals surface area contributed by atoms with E-state index in [1.165, 1.54) is 12.1 Å². The molecule has 0 bridgehead atoms. The predicted molar refractivity (Wildman–Crippen MR) is 80.6 cm³/mol. The molecule has 22 heavy (non-hydrogen) atoms. The van der Waals surface area contributed by atoms with E-state index in [9.17, 15) is 14.5 Å². The third kappa shape index (κ3) is 3.36. The number of benzene rings is 1. The highest BCUT2D eigenvalue weighted by atomic mass is 19.1. The van der Waals surface area contributed by atoms with Crippen LogP contribution in [0.4, 0.5) is 15.8 Å². The quantitative estimate of drug-likeness (QED) is 0.628. The summed E-state index contributed by atoms with van der Waals surface area (Å²) >= 11 is 0.